The Morgan fingerprint density at radius 2 is 2.25 bits per heavy atom. The van der Waals surface area contributed by atoms with Crippen LogP contribution in [-0.2, 0) is 0 Å². The van der Waals surface area contributed by atoms with Crippen LogP contribution in [0.5, 0.6) is 0 Å². The molecule has 0 aliphatic carbocycles. The minimum atomic E-state index is 0.0622. The summed E-state index contributed by atoms with van der Waals surface area (Å²) in [7, 11) is 0. The summed E-state index contributed by atoms with van der Waals surface area (Å²) in [5, 5.41) is 5.98. The minimum absolute atomic E-state index is 0.0622. The molecule has 0 spiro atoms. The second kappa shape index (κ2) is 6.40. The highest BCUT2D eigenvalue weighted by molar-refractivity contribution is 9.09. The normalized spacial score (nSPS) is 12.8. The first-order chi connectivity index (χ1) is 7.56. The van der Waals surface area contributed by atoms with Gasteiger partial charge in [0.05, 0.1) is 4.88 Å². The average Bonchev–Trinajstić information content (AvgIpc) is 2.63. The van der Waals surface area contributed by atoms with Crippen molar-refractivity contribution < 1.29 is 4.79 Å². The summed E-state index contributed by atoms with van der Waals surface area (Å²) in [5.74, 6) is 0.522. The lowest BCUT2D eigenvalue weighted by molar-refractivity contribution is 0.0928. The molecule has 1 heterocycles. The third-order valence-corrected chi connectivity index (χ3v) is 4.08. The van der Waals surface area contributed by atoms with Crippen molar-refractivity contribution in [2.45, 2.75) is 33.2 Å². The Morgan fingerprint density at radius 3 is 2.69 bits per heavy atom. The molecule has 2 nitrogen and oxygen atoms in total. The van der Waals surface area contributed by atoms with Gasteiger partial charge < -0.3 is 5.32 Å². The molecule has 16 heavy (non-hydrogen) atoms. The van der Waals surface area contributed by atoms with Crippen molar-refractivity contribution in [1.82, 2.24) is 5.32 Å². The zero-order valence-electron chi connectivity index (χ0n) is 9.92. The lowest BCUT2D eigenvalue weighted by atomic mass is 10.0. The number of hydrogen-bond acceptors (Lipinski definition) is 2. The average molecular weight is 304 g/mol. The molecule has 0 fully saturated rings. The number of amides is 1. The molecule has 1 aromatic heterocycles. The van der Waals surface area contributed by atoms with Crippen molar-refractivity contribution in [1.29, 1.82) is 0 Å². The van der Waals surface area contributed by atoms with Gasteiger partial charge >= 0.3 is 0 Å². The SMILES string of the molecule is Cc1ccsc1C(=O)NC(CCBr)C(C)C. The molecule has 0 radical (unpaired) electrons. The highest BCUT2D eigenvalue weighted by Gasteiger charge is 2.18. The largest absolute Gasteiger partial charge is 0.348 e. The summed E-state index contributed by atoms with van der Waals surface area (Å²) in [6.45, 7) is 6.24. The number of hydrogen-bond donors (Lipinski definition) is 1. The number of aryl methyl sites for hydroxylation is 1. The van der Waals surface area contributed by atoms with Gasteiger partial charge in [-0.2, -0.15) is 0 Å². The number of rotatable bonds is 5. The minimum Gasteiger partial charge on any atom is -0.348 e. The van der Waals surface area contributed by atoms with Crippen LogP contribution in [0.4, 0.5) is 0 Å². The summed E-state index contributed by atoms with van der Waals surface area (Å²) < 4.78 is 0. The van der Waals surface area contributed by atoms with Crippen LogP contribution in [0.2, 0.25) is 0 Å². The predicted octanol–water partition coefficient (Wildman–Crippen LogP) is 3.60. The molecule has 1 unspecified atom stereocenters. The Morgan fingerprint density at radius 1 is 1.56 bits per heavy atom. The van der Waals surface area contributed by atoms with Gasteiger partial charge in [0.1, 0.15) is 0 Å². The number of carbonyl (C=O) groups excluding carboxylic acids is 1. The number of halogens is 1. The molecule has 0 aliphatic heterocycles. The maximum absolute atomic E-state index is 12.0. The van der Waals surface area contributed by atoms with Crippen LogP contribution in [0.25, 0.3) is 0 Å². The molecular formula is C12H18BrNOS. The molecule has 0 bridgehead atoms. The second-order valence-corrected chi connectivity index (χ2v) is 5.94. The van der Waals surface area contributed by atoms with E-state index in [2.05, 4.69) is 35.1 Å². The van der Waals surface area contributed by atoms with E-state index >= 15 is 0 Å². The smallest absolute Gasteiger partial charge is 0.261 e. The molecule has 1 amide bonds. The van der Waals surface area contributed by atoms with Crippen LogP contribution >= 0.6 is 27.3 Å². The molecule has 90 valence electrons. The first-order valence-electron chi connectivity index (χ1n) is 5.47. The summed E-state index contributed by atoms with van der Waals surface area (Å²) in [4.78, 5) is 12.8. The van der Waals surface area contributed by atoms with Crippen LogP contribution in [-0.4, -0.2) is 17.3 Å². The van der Waals surface area contributed by atoms with Gasteiger partial charge in [-0.25, -0.2) is 0 Å². The maximum Gasteiger partial charge on any atom is 0.261 e. The number of carbonyl (C=O) groups is 1. The Kier molecular flexibility index (Phi) is 5.49. The Hall–Kier alpha value is -0.350. The summed E-state index contributed by atoms with van der Waals surface area (Å²) in [6.07, 6.45) is 0.966. The Balaban J connectivity index is 2.65. The first kappa shape index (κ1) is 13.7. The van der Waals surface area contributed by atoms with Gasteiger partial charge in [0, 0.05) is 11.4 Å². The fraction of sp³-hybridized carbons (Fsp3) is 0.583. The molecule has 4 heteroatoms. The van der Waals surface area contributed by atoms with E-state index in [4.69, 9.17) is 0 Å². The van der Waals surface area contributed by atoms with Crippen molar-refractivity contribution >= 4 is 33.2 Å². The fourth-order valence-electron chi connectivity index (χ4n) is 1.53. The quantitative estimate of drug-likeness (QED) is 0.828. The van der Waals surface area contributed by atoms with E-state index in [1.54, 1.807) is 0 Å². The topological polar surface area (TPSA) is 29.1 Å². The standard InChI is InChI=1S/C12H18BrNOS/c1-8(2)10(4-6-13)14-12(15)11-9(3)5-7-16-11/h5,7-8,10H,4,6H2,1-3H3,(H,14,15). The maximum atomic E-state index is 12.0. The van der Waals surface area contributed by atoms with E-state index in [1.165, 1.54) is 11.3 Å². The van der Waals surface area contributed by atoms with Crippen LogP contribution in [0, 0.1) is 12.8 Å². The Bertz CT molecular complexity index is 349. The first-order valence-corrected chi connectivity index (χ1v) is 7.47. The zero-order chi connectivity index (χ0) is 12.1. The number of thiophene rings is 1. The van der Waals surface area contributed by atoms with Gasteiger partial charge in [-0.15, -0.1) is 11.3 Å². The molecular weight excluding hydrogens is 286 g/mol. The van der Waals surface area contributed by atoms with Crippen molar-refractivity contribution in [3.63, 3.8) is 0 Å². The number of nitrogens with one attached hydrogen (secondary N) is 1. The third-order valence-electron chi connectivity index (χ3n) is 2.61. The van der Waals surface area contributed by atoms with Gasteiger partial charge in [-0.1, -0.05) is 29.8 Å². The lowest BCUT2D eigenvalue weighted by Gasteiger charge is -2.21. The van der Waals surface area contributed by atoms with E-state index < -0.39 is 0 Å². The van der Waals surface area contributed by atoms with Gasteiger partial charge in [0.15, 0.2) is 0 Å². The van der Waals surface area contributed by atoms with Gasteiger partial charge in [0.2, 0.25) is 0 Å². The molecule has 1 atom stereocenters. The predicted molar refractivity (Wildman–Crippen MR) is 73.6 cm³/mol. The van der Waals surface area contributed by atoms with Crippen molar-refractivity contribution in [3.05, 3.63) is 21.9 Å². The molecule has 0 aliphatic rings. The van der Waals surface area contributed by atoms with Crippen molar-refractivity contribution in [3.8, 4) is 0 Å². The lowest BCUT2D eigenvalue weighted by Crippen LogP contribution is -2.38. The fourth-order valence-corrected chi connectivity index (χ4v) is 2.85. The molecule has 0 aromatic carbocycles. The van der Waals surface area contributed by atoms with Crippen LogP contribution in [0.1, 0.15) is 35.5 Å². The molecule has 0 saturated carbocycles. The van der Waals surface area contributed by atoms with E-state index in [-0.39, 0.29) is 11.9 Å². The van der Waals surface area contributed by atoms with Gasteiger partial charge in [0.25, 0.3) is 5.91 Å². The highest BCUT2D eigenvalue weighted by Crippen LogP contribution is 2.16. The summed E-state index contributed by atoms with van der Waals surface area (Å²) in [5.41, 5.74) is 1.06. The van der Waals surface area contributed by atoms with Gasteiger partial charge in [-0.05, 0) is 36.3 Å². The molecule has 1 rings (SSSR count). The number of alkyl halides is 1. The molecule has 1 aromatic rings. The molecule has 0 saturated heterocycles. The van der Waals surface area contributed by atoms with E-state index in [1.807, 2.05) is 18.4 Å². The zero-order valence-corrected chi connectivity index (χ0v) is 12.3. The molecule has 1 N–H and O–H groups in total. The monoisotopic (exact) mass is 303 g/mol. The van der Waals surface area contributed by atoms with Crippen molar-refractivity contribution in [2.24, 2.45) is 5.92 Å². The second-order valence-electron chi connectivity index (χ2n) is 4.23. The summed E-state index contributed by atoms with van der Waals surface area (Å²) in [6, 6.07) is 2.22. The van der Waals surface area contributed by atoms with Crippen LogP contribution in [0.3, 0.4) is 0 Å². The van der Waals surface area contributed by atoms with E-state index in [0.29, 0.717) is 5.92 Å². The Labute approximate surface area is 110 Å². The van der Waals surface area contributed by atoms with E-state index in [9.17, 15) is 4.79 Å². The summed E-state index contributed by atoms with van der Waals surface area (Å²) >= 11 is 4.93. The van der Waals surface area contributed by atoms with Crippen LogP contribution in [0.15, 0.2) is 11.4 Å². The highest BCUT2D eigenvalue weighted by atomic mass is 79.9. The van der Waals surface area contributed by atoms with E-state index in [0.717, 1.165) is 22.2 Å². The third kappa shape index (κ3) is 3.59. The van der Waals surface area contributed by atoms with Crippen molar-refractivity contribution in [2.75, 3.05) is 5.33 Å². The van der Waals surface area contributed by atoms with Gasteiger partial charge in [-0.3, -0.25) is 4.79 Å². The van der Waals surface area contributed by atoms with Crippen LogP contribution < -0.4 is 5.32 Å².